The van der Waals surface area contributed by atoms with Crippen molar-refractivity contribution in [2.45, 2.75) is 78.9 Å². The molecular formula is C43H50N4O10S. The molecule has 0 aliphatic carbocycles. The lowest BCUT2D eigenvalue weighted by molar-refractivity contribution is -0.143. The van der Waals surface area contributed by atoms with Gasteiger partial charge in [-0.25, -0.2) is 14.6 Å². The summed E-state index contributed by atoms with van der Waals surface area (Å²) in [5.41, 5.74) is 2.75. The molecule has 0 spiro atoms. The Morgan fingerprint density at radius 2 is 1.72 bits per heavy atom. The van der Waals surface area contributed by atoms with Crippen LogP contribution < -0.4 is 25.4 Å². The number of pyridine rings is 1. The summed E-state index contributed by atoms with van der Waals surface area (Å²) < 4.78 is 27.9. The average Bonchev–Trinajstić information content (AvgIpc) is 3.59. The van der Waals surface area contributed by atoms with Crippen LogP contribution >= 0.6 is 11.3 Å². The summed E-state index contributed by atoms with van der Waals surface area (Å²) in [6, 6.07) is 13.7. The maximum Gasteiger partial charge on any atom is 0.407 e. The Hall–Kier alpha value is -5.96. The van der Waals surface area contributed by atoms with Crippen molar-refractivity contribution in [3.05, 3.63) is 82.0 Å². The molecule has 0 fully saturated rings. The Balaban J connectivity index is 1.54. The van der Waals surface area contributed by atoms with Gasteiger partial charge in [0.1, 0.15) is 22.8 Å². The molecule has 0 atom stereocenters. The number of rotatable bonds is 16. The van der Waals surface area contributed by atoms with E-state index in [4.69, 9.17) is 23.7 Å². The van der Waals surface area contributed by atoms with Gasteiger partial charge >= 0.3 is 18.0 Å². The van der Waals surface area contributed by atoms with Gasteiger partial charge in [0.2, 0.25) is 0 Å². The van der Waals surface area contributed by atoms with Crippen LogP contribution in [0.25, 0.3) is 21.6 Å². The molecule has 14 nitrogen and oxygen atoms in total. The molecule has 4 aromatic rings. The number of carbonyl (C=O) groups is 5. The topological polar surface area (TPSA) is 180 Å². The molecule has 1 aliphatic rings. The van der Waals surface area contributed by atoms with Crippen LogP contribution in [0.5, 0.6) is 11.5 Å². The number of thiophene rings is 1. The first kappa shape index (κ1) is 43.2. The Bertz CT molecular complexity index is 2140. The highest BCUT2D eigenvalue weighted by atomic mass is 32.1. The second kappa shape index (κ2) is 19.9. The zero-order valence-electron chi connectivity index (χ0n) is 33.7. The van der Waals surface area contributed by atoms with Gasteiger partial charge in [-0.2, -0.15) is 0 Å². The molecule has 5 rings (SSSR count). The fourth-order valence-corrected chi connectivity index (χ4v) is 7.05. The lowest BCUT2D eigenvalue weighted by Gasteiger charge is -2.20. The van der Waals surface area contributed by atoms with E-state index in [0.717, 1.165) is 10.4 Å². The first-order valence-electron chi connectivity index (χ1n) is 19.3. The first-order valence-corrected chi connectivity index (χ1v) is 20.1. The van der Waals surface area contributed by atoms with Gasteiger partial charge < -0.3 is 39.6 Å². The number of carbonyl (C=O) groups excluding carboxylic acids is 5. The molecule has 0 unspecified atom stereocenters. The lowest BCUT2D eigenvalue weighted by Crippen LogP contribution is -2.32. The third-order valence-electron chi connectivity index (χ3n) is 8.79. The van der Waals surface area contributed by atoms with Crippen LogP contribution in [-0.2, 0) is 32.0 Å². The molecular weight excluding hydrogens is 765 g/mol. The number of unbranched alkanes of at least 4 members (excludes halogenated alkanes) is 1. The van der Waals surface area contributed by atoms with E-state index in [1.165, 1.54) is 24.5 Å². The van der Waals surface area contributed by atoms with E-state index in [2.05, 4.69) is 20.9 Å². The molecule has 0 saturated heterocycles. The Morgan fingerprint density at radius 3 is 2.47 bits per heavy atom. The number of benzene rings is 2. The molecule has 58 heavy (non-hydrogen) atoms. The van der Waals surface area contributed by atoms with Gasteiger partial charge in [-0.3, -0.25) is 14.4 Å². The van der Waals surface area contributed by atoms with Crippen LogP contribution in [0.2, 0.25) is 0 Å². The summed E-state index contributed by atoms with van der Waals surface area (Å²) in [4.78, 5) is 70.5. The number of esters is 2. The lowest BCUT2D eigenvalue weighted by atomic mass is 9.93. The Kier molecular flexibility index (Phi) is 14.8. The summed E-state index contributed by atoms with van der Waals surface area (Å²) in [5.74, 6) is -1.23. The molecule has 0 bridgehead atoms. The van der Waals surface area contributed by atoms with Crippen molar-refractivity contribution in [3.63, 3.8) is 0 Å². The van der Waals surface area contributed by atoms with Crippen LogP contribution in [0.4, 0.5) is 10.5 Å². The number of hydrogen-bond donors (Lipinski definition) is 3. The SMILES string of the molecule is CCCNC(=O)c1ccc(-c2cc3c(cc2C(=O)Nc2ccc(CNC(=O)OC(C)(C)C)cc2OCCCCC(=O)OCC)-c2sccc2CCO3)c(C(=O)OC)n1. The third-order valence-corrected chi connectivity index (χ3v) is 9.78. The van der Waals surface area contributed by atoms with Crippen LogP contribution in [0.3, 0.4) is 0 Å². The van der Waals surface area contributed by atoms with Crippen molar-refractivity contribution in [1.82, 2.24) is 15.6 Å². The van der Waals surface area contributed by atoms with Crippen LogP contribution in [-0.4, -0.2) is 73.9 Å². The molecule has 0 saturated carbocycles. The maximum absolute atomic E-state index is 14.6. The van der Waals surface area contributed by atoms with Crippen LogP contribution in [0, 0.1) is 0 Å². The second-order valence-corrected chi connectivity index (χ2v) is 15.3. The second-order valence-electron chi connectivity index (χ2n) is 14.4. The Labute approximate surface area is 342 Å². The van der Waals surface area contributed by atoms with E-state index in [1.54, 1.807) is 64.1 Å². The van der Waals surface area contributed by atoms with E-state index >= 15 is 0 Å². The van der Waals surface area contributed by atoms with Gasteiger partial charge in [-0.1, -0.05) is 13.0 Å². The van der Waals surface area contributed by atoms with Crippen LogP contribution in [0.15, 0.2) is 53.9 Å². The van der Waals surface area contributed by atoms with Crippen molar-refractivity contribution in [2.75, 3.05) is 38.8 Å². The number of nitrogens with zero attached hydrogens (tertiary/aromatic N) is 1. The molecule has 2 aromatic carbocycles. The summed E-state index contributed by atoms with van der Waals surface area (Å²) >= 11 is 1.53. The number of methoxy groups -OCH3 is 1. The number of alkyl carbamates (subject to hydrolysis) is 1. The van der Waals surface area contributed by atoms with Crippen molar-refractivity contribution in [1.29, 1.82) is 0 Å². The van der Waals surface area contributed by atoms with Gasteiger partial charge in [-0.05, 0) is 106 Å². The number of anilines is 1. The smallest absolute Gasteiger partial charge is 0.407 e. The molecule has 3 amide bonds. The summed E-state index contributed by atoms with van der Waals surface area (Å²) in [5, 5.41) is 10.5. The number of ether oxygens (including phenoxy) is 5. The van der Waals surface area contributed by atoms with Gasteiger partial charge in [-0.15, -0.1) is 11.3 Å². The quantitative estimate of drug-likeness (QED) is 0.0572. The molecule has 2 aromatic heterocycles. The predicted octanol–water partition coefficient (Wildman–Crippen LogP) is 7.73. The molecule has 15 heteroatoms. The standard InChI is InChI=1S/C43H50N4O10S/c1-7-18-44-40(50)33-15-13-28(37(46-33)41(51)53-6)29-24-34-31(38-27(16-20-56-34)17-21-58-38)23-30(29)39(49)47-32-14-12-26(25-45-42(52)57-43(3,4)5)22-35(32)55-19-10-9-11-36(48)54-8-2/h12-15,17,21-24H,7-11,16,18-20,25H2,1-6H3,(H,44,50)(H,45,52)(H,47,49). The van der Waals surface area contributed by atoms with Gasteiger partial charge in [0, 0.05) is 53.1 Å². The highest BCUT2D eigenvalue weighted by Crippen LogP contribution is 2.43. The minimum atomic E-state index is -0.794. The highest BCUT2D eigenvalue weighted by Gasteiger charge is 2.28. The number of aromatic nitrogens is 1. The van der Waals surface area contributed by atoms with Crippen molar-refractivity contribution in [2.24, 2.45) is 0 Å². The minimum absolute atomic E-state index is 0.0168. The fourth-order valence-electron chi connectivity index (χ4n) is 6.08. The molecule has 308 valence electrons. The average molecular weight is 815 g/mol. The largest absolute Gasteiger partial charge is 0.493 e. The van der Waals surface area contributed by atoms with E-state index in [0.29, 0.717) is 79.3 Å². The number of amides is 3. The van der Waals surface area contributed by atoms with Crippen molar-refractivity contribution in [3.8, 4) is 33.1 Å². The van der Waals surface area contributed by atoms with E-state index in [1.807, 2.05) is 18.4 Å². The molecule has 1 aliphatic heterocycles. The summed E-state index contributed by atoms with van der Waals surface area (Å²) in [6.45, 7) is 10.5. The van der Waals surface area contributed by atoms with Crippen molar-refractivity contribution < 1.29 is 47.7 Å². The van der Waals surface area contributed by atoms with Gasteiger partial charge in [0.05, 0.1) is 32.6 Å². The fraction of sp³-hybridized carbons (Fsp3) is 0.395. The Morgan fingerprint density at radius 1 is 0.914 bits per heavy atom. The van der Waals surface area contributed by atoms with Gasteiger partial charge in [0.15, 0.2) is 5.69 Å². The highest BCUT2D eigenvalue weighted by molar-refractivity contribution is 7.13. The third kappa shape index (κ3) is 11.3. The van der Waals surface area contributed by atoms with Crippen molar-refractivity contribution >= 4 is 46.9 Å². The minimum Gasteiger partial charge on any atom is -0.493 e. The van der Waals surface area contributed by atoms with Gasteiger partial charge in [0.25, 0.3) is 11.8 Å². The number of hydrogen-bond acceptors (Lipinski definition) is 12. The van der Waals surface area contributed by atoms with Crippen LogP contribution in [0.1, 0.15) is 103 Å². The maximum atomic E-state index is 14.6. The normalized spacial score (nSPS) is 11.8. The van der Waals surface area contributed by atoms with E-state index in [-0.39, 0.29) is 48.1 Å². The molecule has 3 heterocycles. The predicted molar refractivity (Wildman–Crippen MR) is 220 cm³/mol. The summed E-state index contributed by atoms with van der Waals surface area (Å²) in [6.07, 6.45) is 2.08. The first-order chi connectivity index (χ1) is 27.8. The number of fused-ring (bicyclic) bond motifs is 3. The number of nitrogens with one attached hydrogen (secondary N) is 3. The molecule has 3 N–H and O–H groups in total. The molecule has 0 radical (unpaired) electrons. The zero-order valence-corrected chi connectivity index (χ0v) is 34.5. The monoisotopic (exact) mass is 814 g/mol. The van der Waals surface area contributed by atoms with E-state index in [9.17, 15) is 24.0 Å². The zero-order chi connectivity index (χ0) is 41.8. The summed E-state index contributed by atoms with van der Waals surface area (Å²) in [7, 11) is 1.22. The van der Waals surface area contributed by atoms with E-state index < -0.39 is 29.5 Å².